The zero-order chi connectivity index (χ0) is 16.9. The molecule has 0 bridgehead atoms. The largest absolute Gasteiger partial charge is 0.398 e. The Hall–Kier alpha value is -2.22. The Balaban J connectivity index is 2.11. The van der Waals surface area contributed by atoms with Crippen molar-refractivity contribution in [1.82, 2.24) is 0 Å². The van der Waals surface area contributed by atoms with Gasteiger partial charge in [0.25, 0.3) is 5.69 Å². The minimum absolute atomic E-state index is 0.0274. The molecule has 2 aromatic rings. The summed E-state index contributed by atoms with van der Waals surface area (Å²) in [5.41, 5.74) is 0.952. The van der Waals surface area contributed by atoms with E-state index >= 15 is 0 Å². The zero-order valence-corrected chi connectivity index (χ0v) is 12.7. The van der Waals surface area contributed by atoms with Crippen LogP contribution in [0.3, 0.4) is 0 Å². The maximum atomic E-state index is 12.3. The number of nitro groups is 1. The molecule has 2 aromatic carbocycles. The molecule has 0 aromatic heterocycles. The van der Waals surface area contributed by atoms with E-state index in [-0.39, 0.29) is 12.2 Å². The first-order chi connectivity index (χ1) is 10.9. The van der Waals surface area contributed by atoms with Crippen LogP contribution in [0.25, 0.3) is 0 Å². The molecule has 23 heavy (non-hydrogen) atoms. The zero-order valence-electron chi connectivity index (χ0n) is 11.8. The molecular weight excluding hydrogens is 329 g/mol. The Morgan fingerprint density at radius 2 is 1.74 bits per heavy atom. The van der Waals surface area contributed by atoms with Crippen LogP contribution in [0, 0.1) is 10.1 Å². The average molecular weight is 342 g/mol. The average Bonchev–Trinajstić information content (AvgIpc) is 2.51. The summed E-state index contributed by atoms with van der Waals surface area (Å²) in [6.07, 6.45) is -4.25. The van der Waals surface area contributed by atoms with Gasteiger partial charge in [-0.3, -0.25) is 10.1 Å². The highest BCUT2D eigenvalue weighted by atomic mass is 32.2. The lowest BCUT2D eigenvalue weighted by atomic mass is 10.2. The van der Waals surface area contributed by atoms with Crippen molar-refractivity contribution in [3.05, 3.63) is 64.2 Å². The first kappa shape index (κ1) is 17.1. The molecule has 4 nitrogen and oxygen atoms in total. The van der Waals surface area contributed by atoms with Gasteiger partial charge in [0.1, 0.15) is 0 Å². The highest BCUT2D eigenvalue weighted by Gasteiger charge is 2.27. The Morgan fingerprint density at radius 3 is 2.43 bits per heavy atom. The molecule has 0 unspecified atom stereocenters. The summed E-state index contributed by atoms with van der Waals surface area (Å²) in [6.45, 7) is 0.154. The molecule has 0 amide bonds. The second-order valence-electron chi connectivity index (χ2n) is 4.64. The number of nitrogens with one attached hydrogen (secondary N) is 1. The number of rotatable bonds is 6. The van der Waals surface area contributed by atoms with Crippen molar-refractivity contribution in [1.29, 1.82) is 0 Å². The summed E-state index contributed by atoms with van der Waals surface area (Å²) in [6, 6.07) is 12.8. The van der Waals surface area contributed by atoms with Crippen molar-refractivity contribution < 1.29 is 18.1 Å². The SMILES string of the molecule is O=[N+]([O-])c1ccccc1CNc1ccccc1SCC(F)(F)F. The van der Waals surface area contributed by atoms with Gasteiger partial charge in [0.15, 0.2) is 0 Å². The monoisotopic (exact) mass is 342 g/mol. The minimum Gasteiger partial charge on any atom is -0.380 e. The van der Waals surface area contributed by atoms with Gasteiger partial charge in [-0.15, -0.1) is 11.8 Å². The van der Waals surface area contributed by atoms with Crippen LogP contribution in [-0.4, -0.2) is 16.9 Å². The molecule has 0 saturated carbocycles. The Labute approximate surface area is 134 Å². The van der Waals surface area contributed by atoms with Gasteiger partial charge in [0, 0.05) is 28.8 Å². The predicted molar refractivity (Wildman–Crippen MR) is 83.6 cm³/mol. The van der Waals surface area contributed by atoms with E-state index in [1.165, 1.54) is 6.07 Å². The van der Waals surface area contributed by atoms with E-state index in [0.29, 0.717) is 27.9 Å². The Bertz CT molecular complexity index is 692. The van der Waals surface area contributed by atoms with Crippen LogP contribution in [0.15, 0.2) is 53.4 Å². The maximum Gasteiger partial charge on any atom is 0.398 e. The van der Waals surface area contributed by atoms with Crippen LogP contribution in [-0.2, 0) is 6.54 Å². The van der Waals surface area contributed by atoms with Gasteiger partial charge in [0.05, 0.1) is 10.7 Å². The van der Waals surface area contributed by atoms with Crippen molar-refractivity contribution in [2.45, 2.75) is 17.6 Å². The van der Waals surface area contributed by atoms with Crippen LogP contribution in [0.1, 0.15) is 5.56 Å². The number of nitro benzene ring substituents is 1. The molecule has 0 spiro atoms. The lowest BCUT2D eigenvalue weighted by molar-refractivity contribution is -0.385. The topological polar surface area (TPSA) is 55.2 Å². The number of para-hydroxylation sites is 2. The second kappa shape index (κ2) is 7.36. The van der Waals surface area contributed by atoms with E-state index in [9.17, 15) is 23.3 Å². The van der Waals surface area contributed by atoms with Crippen molar-refractivity contribution in [2.24, 2.45) is 0 Å². The first-order valence-corrected chi connectivity index (χ1v) is 7.60. The molecule has 0 atom stereocenters. The third-order valence-corrected chi connectivity index (χ3v) is 4.07. The van der Waals surface area contributed by atoms with Crippen LogP contribution >= 0.6 is 11.8 Å². The van der Waals surface area contributed by atoms with Crippen LogP contribution in [0.5, 0.6) is 0 Å². The van der Waals surface area contributed by atoms with E-state index in [2.05, 4.69) is 5.32 Å². The number of hydrogen-bond donors (Lipinski definition) is 1. The summed E-state index contributed by atoms with van der Waals surface area (Å²) in [4.78, 5) is 10.9. The van der Waals surface area contributed by atoms with Crippen LogP contribution < -0.4 is 5.32 Å². The molecule has 0 radical (unpaired) electrons. The van der Waals surface area contributed by atoms with E-state index in [4.69, 9.17) is 0 Å². The number of benzene rings is 2. The fourth-order valence-electron chi connectivity index (χ4n) is 1.93. The normalized spacial score (nSPS) is 11.3. The van der Waals surface area contributed by atoms with E-state index in [1.54, 1.807) is 42.5 Å². The van der Waals surface area contributed by atoms with Crippen molar-refractivity contribution in [3.8, 4) is 0 Å². The maximum absolute atomic E-state index is 12.3. The summed E-state index contributed by atoms with van der Waals surface area (Å²) in [5.74, 6) is -0.989. The number of thioether (sulfide) groups is 1. The van der Waals surface area contributed by atoms with Gasteiger partial charge in [-0.25, -0.2) is 0 Å². The standard InChI is InChI=1S/C15H13F3N2O2S/c16-15(17,18)10-23-14-8-4-2-6-12(14)19-9-11-5-1-3-7-13(11)20(21)22/h1-8,19H,9-10H2. The molecule has 0 aliphatic carbocycles. The molecule has 0 aliphatic rings. The van der Waals surface area contributed by atoms with Gasteiger partial charge < -0.3 is 5.32 Å². The van der Waals surface area contributed by atoms with Gasteiger partial charge >= 0.3 is 6.18 Å². The number of anilines is 1. The molecule has 1 N–H and O–H groups in total. The molecule has 122 valence electrons. The number of hydrogen-bond acceptors (Lipinski definition) is 4. The fourth-order valence-corrected chi connectivity index (χ4v) is 2.72. The molecular formula is C15H13F3N2O2S. The van der Waals surface area contributed by atoms with Crippen molar-refractivity contribution in [3.63, 3.8) is 0 Å². The highest BCUT2D eigenvalue weighted by molar-refractivity contribution is 7.99. The summed E-state index contributed by atoms with van der Waals surface area (Å²) >= 11 is 0.678. The third-order valence-electron chi connectivity index (χ3n) is 2.94. The van der Waals surface area contributed by atoms with Crippen molar-refractivity contribution in [2.75, 3.05) is 11.1 Å². The first-order valence-electron chi connectivity index (χ1n) is 6.61. The molecule has 2 rings (SSSR count). The second-order valence-corrected chi connectivity index (χ2v) is 5.66. The number of nitrogens with zero attached hydrogens (tertiary/aromatic N) is 1. The molecule has 0 heterocycles. The summed E-state index contributed by atoms with van der Waals surface area (Å²) < 4.78 is 37.0. The smallest absolute Gasteiger partial charge is 0.380 e. The number of alkyl halides is 3. The predicted octanol–water partition coefficient (Wildman–Crippen LogP) is 4.86. The Morgan fingerprint density at radius 1 is 1.09 bits per heavy atom. The molecule has 0 saturated heterocycles. The minimum atomic E-state index is -4.25. The molecule has 0 aliphatic heterocycles. The quantitative estimate of drug-likeness (QED) is 0.463. The van der Waals surface area contributed by atoms with Crippen molar-refractivity contribution >= 4 is 23.1 Å². The lowest BCUT2D eigenvalue weighted by Crippen LogP contribution is -2.11. The fraction of sp³-hybridized carbons (Fsp3) is 0.200. The molecule has 0 fully saturated rings. The number of halogens is 3. The van der Waals surface area contributed by atoms with E-state index in [0.717, 1.165) is 0 Å². The Kier molecular flexibility index (Phi) is 5.49. The van der Waals surface area contributed by atoms with Gasteiger partial charge in [-0.05, 0) is 12.1 Å². The van der Waals surface area contributed by atoms with Gasteiger partial charge in [0.2, 0.25) is 0 Å². The summed E-state index contributed by atoms with van der Waals surface area (Å²) in [5, 5.41) is 13.9. The lowest BCUT2D eigenvalue weighted by Gasteiger charge is -2.13. The molecule has 8 heteroatoms. The van der Waals surface area contributed by atoms with E-state index in [1.807, 2.05) is 0 Å². The third kappa shape index (κ3) is 5.17. The van der Waals surface area contributed by atoms with Crippen LogP contribution in [0.2, 0.25) is 0 Å². The van der Waals surface area contributed by atoms with E-state index < -0.39 is 16.9 Å². The summed E-state index contributed by atoms with van der Waals surface area (Å²) in [7, 11) is 0. The highest BCUT2D eigenvalue weighted by Crippen LogP contribution is 2.32. The van der Waals surface area contributed by atoms with Gasteiger partial charge in [-0.2, -0.15) is 13.2 Å². The van der Waals surface area contributed by atoms with Gasteiger partial charge in [-0.1, -0.05) is 30.3 Å². The van der Waals surface area contributed by atoms with Crippen LogP contribution in [0.4, 0.5) is 24.5 Å².